The number of likely N-dealkylation sites (N-methyl/N-ethyl adjacent to an activating group) is 1. The smallest absolute Gasteiger partial charge is 0.257 e. The summed E-state index contributed by atoms with van der Waals surface area (Å²) in [5.41, 5.74) is 0.969. The first-order valence-electron chi connectivity index (χ1n) is 7.69. The summed E-state index contributed by atoms with van der Waals surface area (Å²) in [6.45, 7) is 6.10. The van der Waals surface area contributed by atoms with Crippen molar-refractivity contribution in [3.63, 3.8) is 0 Å². The first-order chi connectivity index (χ1) is 10.3. The minimum Gasteiger partial charge on any atom is -0.334 e. The Bertz CT molecular complexity index is 548. The van der Waals surface area contributed by atoms with E-state index in [0.717, 1.165) is 37.6 Å². The van der Waals surface area contributed by atoms with Crippen molar-refractivity contribution in [1.29, 1.82) is 0 Å². The van der Waals surface area contributed by atoms with Crippen molar-refractivity contribution < 1.29 is 4.52 Å². The van der Waals surface area contributed by atoms with Gasteiger partial charge in [0.05, 0.1) is 6.54 Å². The fraction of sp³-hybridized carbons (Fsp3) is 0.500. The molecule has 3 rings (SSSR count). The second-order valence-electron chi connectivity index (χ2n) is 5.50. The number of aromatic nitrogens is 2. The van der Waals surface area contributed by atoms with Crippen LogP contribution in [0.25, 0.3) is 11.5 Å². The summed E-state index contributed by atoms with van der Waals surface area (Å²) in [7, 11) is 0. The molecule has 1 aromatic carbocycles. The third-order valence-corrected chi connectivity index (χ3v) is 3.94. The van der Waals surface area contributed by atoms with Crippen molar-refractivity contribution in [2.75, 3.05) is 19.6 Å². The van der Waals surface area contributed by atoms with E-state index in [4.69, 9.17) is 4.52 Å². The summed E-state index contributed by atoms with van der Waals surface area (Å²) in [6.07, 6.45) is 2.54. The average molecular weight is 286 g/mol. The maximum absolute atomic E-state index is 5.36. The van der Waals surface area contributed by atoms with Crippen molar-refractivity contribution in [3.05, 3.63) is 36.2 Å². The number of hydrogen-bond donors (Lipinski definition) is 1. The Labute approximate surface area is 125 Å². The lowest BCUT2D eigenvalue weighted by Crippen LogP contribution is -2.37. The summed E-state index contributed by atoms with van der Waals surface area (Å²) < 4.78 is 5.36. The lowest BCUT2D eigenvalue weighted by Gasteiger charge is -2.22. The highest BCUT2D eigenvalue weighted by Gasteiger charge is 2.18. The van der Waals surface area contributed by atoms with E-state index < -0.39 is 0 Å². The van der Waals surface area contributed by atoms with Gasteiger partial charge in [0, 0.05) is 18.2 Å². The number of benzene rings is 1. The first kappa shape index (κ1) is 14.2. The van der Waals surface area contributed by atoms with Crippen molar-refractivity contribution in [3.8, 4) is 11.5 Å². The van der Waals surface area contributed by atoms with Crippen molar-refractivity contribution in [1.82, 2.24) is 20.4 Å². The molecular weight excluding hydrogens is 264 g/mol. The van der Waals surface area contributed by atoms with E-state index in [2.05, 4.69) is 27.3 Å². The third kappa shape index (κ3) is 3.68. The zero-order valence-corrected chi connectivity index (χ0v) is 12.5. The van der Waals surface area contributed by atoms with Crippen LogP contribution in [0.15, 0.2) is 34.9 Å². The number of nitrogens with one attached hydrogen (secondary N) is 1. The molecule has 0 radical (unpaired) electrons. The predicted octanol–water partition coefficient (Wildman–Crippen LogP) is 2.31. The van der Waals surface area contributed by atoms with Crippen LogP contribution in [-0.2, 0) is 6.54 Å². The lowest BCUT2D eigenvalue weighted by molar-refractivity contribution is 0.244. The summed E-state index contributed by atoms with van der Waals surface area (Å²) in [6, 6.07) is 10.5. The van der Waals surface area contributed by atoms with Gasteiger partial charge in [0.15, 0.2) is 5.82 Å². The van der Waals surface area contributed by atoms with Crippen molar-refractivity contribution in [2.24, 2.45) is 0 Å². The summed E-state index contributed by atoms with van der Waals surface area (Å²) >= 11 is 0. The van der Waals surface area contributed by atoms with E-state index in [1.165, 1.54) is 12.8 Å². The second-order valence-corrected chi connectivity index (χ2v) is 5.50. The zero-order valence-electron chi connectivity index (χ0n) is 12.5. The van der Waals surface area contributed by atoms with E-state index in [-0.39, 0.29) is 0 Å². The van der Waals surface area contributed by atoms with Gasteiger partial charge in [0.25, 0.3) is 5.89 Å². The number of nitrogens with zero attached hydrogens (tertiary/aromatic N) is 3. The number of hydrogen-bond acceptors (Lipinski definition) is 5. The molecule has 2 aromatic rings. The minimum absolute atomic E-state index is 0.598. The summed E-state index contributed by atoms with van der Waals surface area (Å²) in [5.74, 6) is 1.36. The van der Waals surface area contributed by atoms with Crippen molar-refractivity contribution in [2.45, 2.75) is 32.4 Å². The van der Waals surface area contributed by atoms with Gasteiger partial charge in [-0.05, 0) is 38.1 Å². The standard InChI is InChI=1S/C16H22N4O/c1-2-20(11-14-9-6-10-17-14)12-15-18-16(21-19-15)13-7-4-3-5-8-13/h3-5,7-8,14,17H,2,6,9-12H2,1H3. The Morgan fingerprint density at radius 1 is 1.33 bits per heavy atom. The molecule has 1 aliphatic heterocycles. The molecule has 2 heterocycles. The van der Waals surface area contributed by atoms with Gasteiger partial charge in [0.2, 0.25) is 0 Å². The highest BCUT2D eigenvalue weighted by molar-refractivity contribution is 5.51. The molecule has 1 N–H and O–H groups in total. The molecule has 0 amide bonds. The van der Waals surface area contributed by atoms with Gasteiger partial charge < -0.3 is 9.84 Å². The largest absolute Gasteiger partial charge is 0.334 e. The Morgan fingerprint density at radius 2 is 2.19 bits per heavy atom. The van der Waals surface area contributed by atoms with Crippen LogP contribution in [0.5, 0.6) is 0 Å². The van der Waals surface area contributed by atoms with Crippen LogP contribution >= 0.6 is 0 Å². The quantitative estimate of drug-likeness (QED) is 0.883. The van der Waals surface area contributed by atoms with Gasteiger partial charge >= 0.3 is 0 Å². The minimum atomic E-state index is 0.598. The normalized spacial score (nSPS) is 18.5. The maximum Gasteiger partial charge on any atom is 0.257 e. The van der Waals surface area contributed by atoms with Crippen LogP contribution in [0.4, 0.5) is 0 Å². The highest BCUT2D eigenvalue weighted by Crippen LogP contribution is 2.17. The highest BCUT2D eigenvalue weighted by atomic mass is 16.5. The van der Waals surface area contributed by atoms with Gasteiger partial charge in [-0.2, -0.15) is 4.98 Å². The Hall–Kier alpha value is -1.72. The molecule has 1 aromatic heterocycles. The maximum atomic E-state index is 5.36. The summed E-state index contributed by atoms with van der Waals surface area (Å²) in [4.78, 5) is 6.87. The van der Waals surface area contributed by atoms with E-state index in [1.54, 1.807) is 0 Å². The van der Waals surface area contributed by atoms with Crippen LogP contribution in [0.1, 0.15) is 25.6 Å². The van der Waals surface area contributed by atoms with Gasteiger partial charge in [-0.1, -0.05) is 30.3 Å². The topological polar surface area (TPSA) is 54.2 Å². The summed E-state index contributed by atoms with van der Waals surface area (Å²) in [5, 5.41) is 7.64. The van der Waals surface area contributed by atoms with Gasteiger partial charge in [0.1, 0.15) is 0 Å². The zero-order chi connectivity index (χ0) is 14.5. The van der Waals surface area contributed by atoms with Crippen LogP contribution in [-0.4, -0.2) is 40.7 Å². The van der Waals surface area contributed by atoms with Crippen LogP contribution in [0.3, 0.4) is 0 Å². The molecule has 21 heavy (non-hydrogen) atoms. The van der Waals surface area contributed by atoms with Crippen LogP contribution < -0.4 is 5.32 Å². The fourth-order valence-corrected chi connectivity index (χ4v) is 2.75. The first-order valence-corrected chi connectivity index (χ1v) is 7.69. The molecule has 1 atom stereocenters. The van der Waals surface area contributed by atoms with Gasteiger partial charge in [-0.25, -0.2) is 0 Å². The molecule has 112 valence electrons. The van der Waals surface area contributed by atoms with E-state index >= 15 is 0 Å². The molecule has 5 nitrogen and oxygen atoms in total. The molecule has 0 spiro atoms. The Morgan fingerprint density at radius 3 is 2.90 bits per heavy atom. The molecule has 5 heteroatoms. The van der Waals surface area contributed by atoms with Gasteiger partial charge in [-0.15, -0.1) is 0 Å². The van der Waals surface area contributed by atoms with Crippen LogP contribution in [0, 0.1) is 0 Å². The fourth-order valence-electron chi connectivity index (χ4n) is 2.75. The molecule has 0 aliphatic carbocycles. The second kappa shape index (κ2) is 6.83. The third-order valence-electron chi connectivity index (χ3n) is 3.94. The molecule has 1 fully saturated rings. The van der Waals surface area contributed by atoms with Gasteiger partial charge in [-0.3, -0.25) is 4.90 Å². The molecule has 0 saturated carbocycles. The van der Waals surface area contributed by atoms with E-state index in [1.807, 2.05) is 30.3 Å². The van der Waals surface area contributed by atoms with Crippen LogP contribution in [0.2, 0.25) is 0 Å². The number of rotatable bonds is 6. The van der Waals surface area contributed by atoms with E-state index in [0.29, 0.717) is 11.9 Å². The predicted molar refractivity (Wildman–Crippen MR) is 81.7 cm³/mol. The molecule has 1 aliphatic rings. The molecule has 0 bridgehead atoms. The molecular formula is C16H22N4O. The van der Waals surface area contributed by atoms with E-state index in [9.17, 15) is 0 Å². The lowest BCUT2D eigenvalue weighted by atomic mass is 10.2. The molecule has 1 saturated heterocycles. The Balaban J connectivity index is 1.62. The SMILES string of the molecule is CCN(Cc1noc(-c2ccccc2)n1)CC1CCCN1. The monoisotopic (exact) mass is 286 g/mol. The van der Waals surface area contributed by atoms with Crippen molar-refractivity contribution >= 4 is 0 Å². The molecule has 1 unspecified atom stereocenters. The average Bonchev–Trinajstić information content (AvgIpc) is 3.19. The Kier molecular flexibility index (Phi) is 4.62.